The molecule has 4 heteroatoms. The van der Waals surface area contributed by atoms with Gasteiger partial charge in [0, 0.05) is 12.2 Å². The molecule has 0 saturated carbocycles. The van der Waals surface area contributed by atoms with Crippen LogP contribution in [-0.2, 0) is 6.42 Å². The topological polar surface area (TPSA) is 84.3 Å². The summed E-state index contributed by atoms with van der Waals surface area (Å²) in [5.41, 5.74) is 14.7. The van der Waals surface area contributed by atoms with Crippen LogP contribution in [0.3, 0.4) is 0 Å². The van der Waals surface area contributed by atoms with E-state index in [2.05, 4.69) is 5.32 Å². The third-order valence-corrected chi connectivity index (χ3v) is 2.77. The molecule has 6 N–H and O–H groups in total. The predicted octanol–water partition coefficient (Wildman–Crippen LogP) is 2.21. The molecule has 0 spiro atoms. The predicted molar refractivity (Wildman–Crippen MR) is 75.6 cm³/mol. The van der Waals surface area contributed by atoms with Gasteiger partial charge in [-0.1, -0.05) is 12.1 Å². The molecule has 0 aromatic heterocycles. The normalized spacial score (nSPS) is 10.2. The minimum absolute atomic E-state index is 0.290. The van der Waals surface area contributed by atoms with Gasteiger partial charge in [0.15, 0.2) is 0 Å². The summed E-state index contributed by atoms with van der Waals surface area (Å²) in [4.78, 5) is 0. The minimum Gasteiger partial charge on any atom is -0.508 e. The van der Waals surface area contributed by atoms with Crippen molar-refractivity contribution in [2.75, 3.05) is 23.3 Å². The van der Waals surface area contributed by atoms with Gasteiger partial charge >= 0.3 is 0 Å². The second kappa shape index (κ2) is 5.31. The fourth-order valence-corrected chi connectivity index (χ4v) is 1.70. The van der Waals surface area contributed by atoms with Crippen LogP contribution in [0.4, 0.5) is 17.1 Å². The van der Waals surface area contributed by atoms with E-state index in [0.29, 0.717) is 11.4 Å². The number of nitrogens with one attached hydrogen (secondary N) is 1. The Hall–Kier alpha value is -2.36. The first-order valence-corrected chi connectivity index (χ1v) is 5.82. The van der Waals surface area contributed by atoms with Crippen LogP contribution in [0, 0.1) is 0 Å². The second-order valence-corrected chi connectivity index (χ2v) is 4.19. The van der Waals surface area contributed by atoms with Gasteiger partial charge in [-0.2, -0.15) is 0 Å². The van der Waals surface area contributed by atoms with Crippen molar-refractivity contribution in [3.8, 4) is 5.75 Å². The van der Waals surface area contributed by atoms with Crippen molar-refractivity contribution in [3.63, 3.8) is 0 Å². The van der Waals surface area contributed by atoms with Gasteiger partial charge in [0.1, 0.15) is 5.75 Å². The summed E-state index contributed by atoms with van der Waals surface area (Å²) >= 11 is 0. The van der Waals surface area contributed by atoms with E-state index in [9.17, 15) is 5.11 Å². The quantitative estimate of drug-likeness (QED) is 0.620. The number of aromatic hydroxyl groups is 1. The summed E-state index contributed by atoms with van der Waals surface area (Å²) in [7, 11) is 0. The van der Waals surface area contributed by atoms with Gasteiger partial charge in [-0.05, 0) is 42.3 Å². The van der Waals surface area contributed by atoms with E-state index in [0.717, 1.165) is 18.7 Å². The Kier molecular flexibility index (Phi) is 3.57. The molecular formula is C14H17N3O. The van der Waals surface area contributed by atoms with Crippen molar-refractivity contribution >= 4 is 17.1 Å². The maximum atomic E-state index is 9.18. The Bertz CT molecular complexity index is 523. The van der Waals surface area contributed by atoms with Crippen LogP contribution in [-0.4, -0.2) is 11.7 Å². The van der Waals surface area contributed by atoms with Gasteiger partial charge in [-0.15, -0.1) is 0 Å². The average molecular weight is 243 g/mol. The molecule has 0 saturated heterocycles. The molecule has 94 valence electrons. The van der Waals surface area contributed by atoms with Crippen LogP contribution in [0.25, 0.3) is 0 Å². The molecule has 2 aromatic rings. The highest BCUT2D eigenvalue weighted by atomic mass is 16.3. The number of anilines is 3. The first-order valence-electron chi connectivity index (χ1n) is 5.82. The lowest BCUT2D eigenvalue weighted by atomic mass is 10.1. The fraction of sp³-hybridized carbons (Fsp3) is 0.143. The fourth-order valence-electron chi connectivity index (χ4n) is 1.70. The molecule has 0 radical (unpaired) electrons. The largest absolute Gasteiger partial charge is 0.508 e. The number of benzene rings is 2. The highest BCUT2D eigenvalue weighted by Crippen LogP contribution is 2.19. The first-order chi connectivity index (χ1) is 8.65. The number of rotatable bonds is 4. The van der Waals surface area contributed by atoms with Crippen LogP contribution in [0.5, 0.6) is 5.75 Å². The summed E-state index contributed by atoms with van der Waals surface area (Å²) in [6, 6.07) is 12.7. The lowest BCUT2D eigenvalue weighted by Crippen LogP contribution is -2.05. The van der Waals surface area contributed by atoms with Crippen molar-refractivity contribution < 1.29 is 5.11 Å². The molecular weight excluding hydrogens is 226 g/mol. The van der Waals surface area contributed by atoms with E-state index in [1.807, 2.05) is 24.3 Å². The van der Waals surface area contributed by atoms with Crippen molar-refractivity contribution in [2.45, 2.75) is 6.42 Å². The van der Waals surface area contributed by atoms with Gasteiger partial charge in [0.2, 0.25) is 0 Å². The first kappa shape index (κ1) is 12.1. The number of phenolic OH excluding ortho intramolecular Hbond substituents is 1. The summed E-state index contributed by atoms with van der Waals surface area (Å²) in [5, 5.41) is 12.5. The van der Waals surface area contributed by atoms with Crippen LogP contribution < -0.4 is 16.8 Å². The van der Waals surface area contributed by atoms with Crippen LogP contribution in [0.1, 0.15) is 5.56 Å². The molecule has 0 aliphatic rings. The maximum Gasteiger partial charge on any atom is 0.115 e. The zero-order valence-corrected chi connectivity index (χ0v) is 10.1. The monoisotopic (exact) mass is 243 g/mol. The van der Waals surface area contributed by atoms with E-state index in [-0.39, 0.29) is 5.75 Å². The van der Waals surface area contributed by atoms with Gasteiger partial charge in [0.25, 0.3) is 0 Å². The van der Waals surface area contributed by atoms with E-state index in [4.69, 9.17) is 11.5 Å². The zero-order valence-electron chi connectivity index (χ0n) is 10.1. The summed E-state index contributed by atoms with van der Waals surface area (Å²) < 4.78 is 0. The molecule has 2 rings (SSSR count). The third-order valence-electron chi connectivity index (χ3n) is 2.77. The lowest BCUT2D eigenvalue weighted by Gasteiger charge is -2.08. The van der Waals surface area contributed by atoms with Crippen molar-refractivity contribution in [1.29, 1.82) is 0 Å². The van der Waals surface area contributed by atoms with Gasteiger partial charge < -0.3 is 21.9 Å². The molecule has 0 bridgehead atoms. The Morgan fingerprint density at radius 3 is 2.33 bits per heavy atom. The van der Waals surface area contributed by atoms with Gasteiger partial charge in [0.05, 0.1) is 11.4 Å². The van der Waals surface area contributed by atoms with Crippen molar-refractivity contribution in [3.05, 3.63) is 48.0 Å². The Morgan fingerprint density at radius 2 is 1.67 bits per heavy atom. The number of phenols is 1. The van der Waals surface area contributed by atoms with E-state index < -0.39 is 0 Å². The Labute approximate surface area is 106 Å². The molecule has 0 heterocycles. The third kappa shape index (κ3) is 3.07. The van der Waals surface area contributed by atoms with Gasteiger partial charge in [-0.25, -0.2) is 0 Å². The van der Waals surface area contributed by atoms with E-state index in [1.165, 1.54) is 5.56 Å². The highest BCUT2D eigenvalue weighted by molar-refractivity contribution is 5.69. The number of hydrogen-bond donors (Lipinski definition) is 4. The maximum absolute atomic E-state index is 9.18. The van der Waals surface area contributed by atoms with Crippen molar-refractivity contribution in [1.82, 2.24) is 0 Å². The zero-order chi connectivity index (χ0) is 13.0. The molecule has 0 aliphatic carbocycles. The summed E-state index contributed by atoms with van der Waals surface area (Å²) in [6.45, 7) is 0.800. The Morgan fingerprint density at radius 1 is 0.944 bits per heavy atom. The molecule has 0 aliphatic heterocycles. The molecule has 4 nitrogen and oxygen atoms in total. The van der Waals surface area contributed by atoms with Gasteiger partial charge in [-0.3, -0.25) is 0 Å². The standard InChI is InChI=1S/C14H17N3O/c15-13-6-3-11(9-14(13)16)17-8-7-10-1-4-12(18)5-2-10/h1-6,9,17-18H,7-8,15-16H2. The van der Waals surface area contributed by atoms with Crippen molar-refractivity contribution in [2.24, 2.45) is 0 Å². The van der Waals surface area contributed by atoms with E-state index in [1.54, 1.807) is 18.2 Å². The van der Waals surface area contributed by atoms with Crippen LogP contribution in [0.2, 0.25) is 0 Å². The highest BCUT2D eigenvalue weighted by Gasteiger charge is 1.98. The Balaban J connectivity index is 1.88. The molecule has 0 atom stereocenters. The molecule has 0 unspecified atom stereocenters. The molecule has 2 aromatic carbocycles. The summed E-state index contributed by atoms with van der Waals surface area (Å²) in [5.74, 6) is 0.290. The van der Waals surface area contributed by atoms with Crippen LogP contribution in [0.15, 0.2) is 42.5 Å². The number of nitrogens with two attached hydrogens (primary N) is 2. The minimum atomic E-state index is 0.290. The molecule has 0 fully saturated rings. The smallest absolute Gasteiger partial charge is 0.115 e. The van der Waals surface area contributed by atoms with E-state index >= 15 is 0 Å². The van der Waals surface area contributed by atoms with Crippen LogP contribution >= 0.6 is 0 Å². The SMILES string of the molecule is Nc1ccc(NCCc2ccc(O)cc2)cc1N. The molecule has 0 amide bonds. The average Bonchev–Trinajstić information content (AvgIpc) is 2.36. The number of hydrogen-bond acceptors (Lipinski definition) is 4. The second-order valence-electron chi connectivity index (χ2n) is 4.19. The summed E-state index contributed by atoms with van der Waals surface area (Å²) in [6.07, 6.45) is 0.880. The number of nitrogen functional groups attached to an aromatic ring is 2. The lowest BCUT2D eigenvalue weighted by molar-refractivity contribution is 0.475. The molecule has 18 heavy (non-hydrogen) atoms.